The number of rotatable bonds is 6. The SMILES string of the molecule is CCC(c1ccc(F)cc1F)N1CCN(C(=O)c2cn(CCN)nn2)CC1. The standard InChI is InChI=1S/C18H24F2N6O/c1-2-17(14-4-3-13(19)11-15(14)20)24-7-9-25(10-8-24)18(27)16-12-26(6-5-21)23-22-16/h3-4,11-12,17H,2,5-10,21H2,1H3. The Labute approximate surface area is 156 Å². The molecule has 0 saturated carbocycles. The summed E-state index contributed by atoms with van der Waals surface area (Å²) < 4.78 is 28.9. The molecule has 0 radical (unpaired) electrons. The molecule has 2 heterocycles. The van der Waals surface area contributed by atoms with E-state index >= 15 is 0 Å². The first-order chi connectivity index (χ1) is 13.0. The summed E-state index contributed by atoms with van der Waals surface area (Å²) in [5.74, 6) is -1.28. The van der Waals surface area contributed by atoms with Crippen LogP contribution in [0.5, 0.6) is 0 Å². The van der Waals surface area contributed by atoms with Crippen LogP contribution in [0.25, 0.3) is 0 Å². The van der Waals surface area contributed by atoms with Gasteiger partial charge in [-0.1, -0.05) is 18.2 Å². The minimum atomic E-state index is -0.579. The Kier molecular flexibility index (Phi) is 6.12. The third-order valence-electron chi connectivity index (χ3n) is 4.87. The third-order valence-corrected chi connectivity index (χ3v) is 4.87. The average molecular weight is 378 g/mol. The molecule has 1 atom stereocenters. The van der Waals surface area contributed by atoms with Crippen molar-refractivity contribution in [2.24, 2.45) is 5.73 Å². The van der Waals surface area contributed by atoms with Crippen molar-refractivity contribution in [3.8, 4) is 0 Å². The molecule has 1 unspecified atom stereocenters. The van der Waals surface area contributed by atoms with Crippen LogP contribution in [0.3, 0.4) is 0 Å². The number of aromatic nitrogens is 3. The zero-order chi connectivity index (χ0) is 19.4. The van der Waals surface area contributed by atoms with Crippen LogP contribution in [0.2, 0.25) is 0 Å². The van der Waals surface area contributed by atoms with Gasteiger partial charge in [-0.25, -0.2) is 8.78 Å². The molecule has 2 N–H and O–H groups in total. The maximum Gasteiger partial charge on any atom is 0.276 e. The molecular weight excluding hydrogens is 354 g/mol. The van der Waals surface area contributed by atoms with Crippen LogP contribution < -0.4 is 5.73 Å². The molecule has 0 aliphatic carbocycles. The molecule has 1 amide bonds. The van der Waals surface area contributed by atoms with E-state index < -0.39 is 11.6 Å². The average Bonchev–Trinajstić information content (AvgIpc) is 3.13. The number of nitrogens with zero attached hydrogens (tertiary/aromatic N) is 5. The topological polar surface area (TPSA) is 80.3 Å². The minimum absolute atomic E-state index is 0.145. The summed E-state index contributed by atoms with van der Waals surface area (Å²) in [6.07, 6.45) is 2.30. The Bertz CT molecular complexity index is 788. The predicted octanol–water partition coefficient (Wildman–Crippen LogP) is 1.42. The summed E-state index contributed by atoms with van der Waals surface area (Å²) in [7, 11) is 0. The molecule has 27 heavy (non-hydrogen) atoms. The molecule has 1 aliphatic heterocycles. The normalized spacial score (nSPS) is 16.5. The van der Waals surface area contributed by atoms with Gasteiger partial charge >= 0.3 is 0 Å². The number of halogens is 2. The highest BCUT2D eigenvalue weighted by atomic mass is 19.1. The number of amides is 1. The van der Waals surface area contributed by atoms with Crippen molar-refractivity contribution in [2.75, 3.05) is 32.7 Å². The zero-order valence-corrected chi connectivity index (χ0v) is 15.3. The van der Waals surface area contributed by atoms with E-state index in [9.17, 15) is 13.6 Å². The van der Waals surface area contributed by atoms with E-state index in [1.807, 2.05) is 6.92 Å². The second-order valence-corrected chi connectivity index (χ2v) is 6.57. The van der Waals surface area contributed by atoms with Crippen LogP contribution in [0.15, 0.2) is 24.4 Å². The van der Waals surface area contributed by atoms with E-state index in [-0.39, 0.29) is 11.9 Å². The maximum atomic E-state index is 14.2. The van der Waals surface area contributed by atoms with E-state index in [1.165, 1.54) is 12.1 Å². The molecule has 1 saturated heterocycles. The molecule has 146 valence electrons. The summed E-state index contributed by atoms with van der Waals surface area (Å²) in [5.41, 5.74) is 6.26. The Morgan fingerprint density at radius 1 is 1.26 bits per heavy atom. The fraction of sp³-hybridized carbons (Fsp3) is 0.500. The van der Waals surface area contributed by atoms with Crippen molar-refractivity contribution in [1.82, 2.24) is 24.8 Å². The quantitative estimate of drug-likeness (QED) is 0.822. The Hall–Kier alpha value is -2.39. The van der Waals surface area contributed by atoms with E-state index in [4.69, 9.17) is 5.73 Å². The number of hydrogen-bond acceptors (Lipinski definition) is 5. The number of carbonyl (C=O) groups excluding carboxylic acids is 1. The Morgan fingerprint density at radius 2 is 2.00 bits per heavy atom. The van der Waals surface area contributed by atoms with Crippen molar-refractivity contribution in [3.63, 3.8) is 0 Å². The molecule has 3 rings (SSSR count). The Balaban J connectivity index is 1.63. The molecule has 1 fully saturated rings. The first-order valence-electron chi connectivity index (χ1n) is 9.12. The molecule has 0 spiro atoms. The lowest BCUT2D eigenvalue weighted by Crippen LogP contribution is -2.49. The Morgan fingerprint density at radius 3 is 2.63 bits per heavy atom. The van der Waals surface area contributed by atoms with Crippen LogP contribution in [0.1, 0.15) is 35.4 Å². The van der Waals surface area contributed by atoms with Crippen LogP contribution >= 0.6 is 0 Å². The second kappa shape index (κ2) is 8.53. The highest BCUT2D eigenvalue weighted by Crippen LogP contribution is 2.28. The van der Waals surface area contributed by atoms with Crippen LogP contribution in [-0.2, 0) is 6.54 Å². The van der Waals surface area contributed by atoms with Crippen molar-refractivity contribution >= 4 is 5.91 Å². The van der Waals surface area contributed by atoms with Crippen molar-refractivity contribution in [3.05, 3.63) is 47.3 Å². The van der Waals surface area contributed by atoms with Crippen LogP contribution in [-0.4, -0.2) is 63.4 Å². The lowest BCUT2D eigenvalue weighted by atomic mass is 10.0. The second-order valence-electron chi connectivity index (χ2n) is 6.57. The summed E-state index contributed by atoms with van der Waals surface area (Å²) in [4.78, 5) is 16.4. The first kappa shape index (κ1) is 19.4. The monoisotopic (exact) mass is 378 g/mol. The van der Waals surface area contributed by atoms with Gasteiger partial charge in [0.15, 0.2) is 5.69 Å². The van der Waals surface area contributed by atoms with Gasteiger partial charge in [-0.15, -0.1) is 5.10 Å². The molecule has 0 bridgehead atoms. The van der Waals surface area contributed by atoms with Gasteiger partial charge in [0.05, 0.1) is 12.7 Å². The third kappa shape index (κ3) is 4.30. The van der Waals surface area contributed by atoms with Crippen molar-refractivity contribution in [1.29, 1.82) is 0 Å². The van der Waals surface area contributed by atoms with E-state index in [0.29, 0.717) is 56.9 Å². The van der Waals surface area contributed by atoms with E-state index in [1.54, 1.807) is 15.8 Å². The number of benzene rings is 1. The zero-order valence-electron chi connectivity index (χ0n) is 15.3. The highest BCUT2D eigenvalue weighted by molar-refractivity contribution is 5.92. The van der Waals surface area contributed by atoms with Gasteiger partial charge in [0, 0.05) is 50.4 Å². The van der Waals surface area contributed by atoms with E-state index in [2.05, 4.69) is 15.2 Å². The maximum absolute atomic E-state index is 14.2. The highest BCUT2D eigenvalue weighted by Gasteiger charge is 2.29. The van der Waals surface area contributed by atoms with Crippen LogP contribution in [0.4, 0.5) is 8.78 Å². The van der Waals surface area contributed by atoms with Gasteiger partial charge in [-0.2, -0.15) is 0 Å². The largest absolute Gasteiger partial charge is 0.335 e. The summed E-state index contributed by atoms with van der Waals surface area (Å²) in [6, 6.07) is 3.56. The number of piperazine rings is 1. The van der Waals surface area contributed by atoms with Gasteiger partial charge in [-0.3, -0.25) is 14.4 Å². The summed E-state index contributed by atoms with van der Waals surface area (Å²) in [5, 5.41) is 7.81. The molecular formula is C18H24F2N6O. The van der Waals surface area contributed by atoms with Crippen molar-refractivity contribution < 1.29 is 13.6 Å². The molecule has 9 heteroatoms. The van der Waals surface area contributed by atoms with Crippen LogP contribution in [0, 0.1) is 11.6 Å². The summed E-state index contributed by atoms with van der Waals surface area (Å²) >= 11 is 0. The van der Waals surface area contributed by atoms with Gasteiger partial charge in [0.2, 0.25) is 0 Å². The van der Waals surface area contributed by atoms with Crippen molar-refractivity contribution in [2.45, 2.75) is 25.9 Å². The molecule has 2 aromatic rings. The lowest BCUT2D eigenvalue weighted by molar-refractivity contribution is 0.0553. The van der Waals surface area contributed by atoms with Gasteiger partial charge < -0.3 is 10.6 Å². The molecule has 7 nitrogen and oxygen atoms in total. The fourth-order valence-electron chi connectivity index (χ4n) is 3.48. The van der Waals surface area contributed by atoms with Gasteiger partial charge in [-0.05, 0) is 12.5 Å². The smallest absolute Gasteiger partial charge is 0.276 e. The fourth-order valence-corrected chi connectivity index (χ4v) is 3.48. The first-order valence-corrected chi connectivity index (χ1v) is 9.12. The van der Waals surface area contributed by atoms with E-state index in [0.717, 1.165) is 6.07 Å². The van der Waals surface area contributed by atoms with Gasteiger partial charge in [0.25, 0.3) is 5.91 Å². The molecule has 1 aromatic heterocycles. The minimum Gasteiger partial charge on any atom is -0.335 e. The summed E-state index contributed by atoms with van der Waals surface area (Å²) in [6.45, 7) is 5.16. The predicted molar refractivity (Wildman–Crippen MR) is 95.9 cm³/mol. The molecule has 1 aliphatic rings. The lowest BCUT2D eigenvalue weighted by Gasteiger charge is -2.39. The number of hydrogen-bond donors (Lipinski definition) is 1. The van der Waals surface area contributed by atoms with Gasteiger partial charge in [0.1, 0.15) is 11.6 Å². The number of nitrogens with two attached hydrogens (primary N) is 1. The molecule has 1 aromatic carbocycles. The number of carbonyl (C=O) groups is 1.